The van der Waals surface area contributed by atoms with E-state index in [-0.39, 0.29) is 0 Å². The van der Waals surface area contributed by atoms with Crippen LogP contribution in [-0.4, -0.2) is 24.2 Å². The van der Waals surface area contributed by atoms with Crippen LogP contribution in [0.3, 0.4) is 0 Å². The lowest BCUT2D eigenvalue weighted by Gasteiger charge is -2.09. The minimum absolute atomic E-state index is 0.431. The van der Waals surface area contributed by atoms with E-state index in [4.69, 9.17) is 15.2 Å². The third kappa shape index (κ3) is 3.57. The molecule has 6 heteroatoms. The molecule has 0 aliphatic heterocycles. The first kappa shape index (κ1) is 15.0. The summed E-state index contributed by atoms with van der Waals surface area (Å²) in [5, 5.41) is 0. The molecule has 1 heterocycles. The van der Waals surface area contributed by atoms with Crippen LogP contribution in [0, 0.1) is 3.57 Å². The van der Waals surface area contributed by atoms with Gasteiger partial charge in [0.05, 0.1) is 23.0 Å². The molecule has 1 aromatic carbocycles. The number of rotatable bonds is 5. The van der Waals surface area contributed by atoms with Crippen molar-refractivity contribution in [3.63, 3.8) is 0 Å². The first-order chi connectivity index (χ1) is 9.63. The summed E-state index contributed by atoms with van der Waals surface area (Å²) in [7, 11) is 3.28. The van der Waals surface area contributed by atoms with E-state index in [1.165, 1.54) is 0 Å². The van der Waals surface area contributed by atoms with E-state index in [0.29, 0.717) is 24.7 Å². The Morgan fingerprint density at radius 3 is 2.45 bits per heavy atom. The number of aromatic nitrogens is 2. The molecule has 0 spiro atoms. The number of nitrogen functional groups attached to an aromatic ring is 1. The monoisotopic (exact) mass is 385 g/mol. The molecule has 0 radical (unpaired) electrons. The highest BCUT2D eigenvalue weighted by molar-refractivity contribution is 14.1. The van der Waals surface area contributed by atoms with Crippen molar-refractivity contribution in [1.82, 2.24) is 9.97 Å². The molecular formula is C14H16IN3O2. The highest BCUT2D eigenvalue weighted by Crippen LogP contribution is 2.19. The standard InChI is InChI=1S/C14H16IN3O2/c1-19-8-11-13(15)14(16)18-12(17-11)7-9-3-5-10(20-2)6-4-9/h3-6H,7-8H2,1-2H3,(H2,16,17,18). The van der Waals surface area contributed by atoms with Gasteiger partial charge in [-0.3, -0.25) is 0 Å². The average molecular weight is 385 g/mol. The van der Waals surface area contributed by atoms with Crippen LogP contribution in [0.1, 0.15) is 17.1 Å². The second-order valence-corrected chi connectivity index (χ2v) is 5.32. The molecule has 2 N–H and O–H groups in total. The highest BCUT2D eigenvalue weighted by atomic mass is 127. The minimum Gasteiger partial charge on any atom is -0.497 e. The van der Waals surface area contributed by atoms with Crippen LogP contribution in [-0.2, 0) is 17.8 Å². The molecule has 0 atom stereocenters. The van der Waals surface area contributed by atoms with Gasteiger partial charge in [-0.1, -0.05) is 12.1 Å². The van der Waals surface area contributed by atoms with Gasteiger partial charge in [-0.2, -0.15) is 0 Å². The Bertz CT molecular complexity index is 588. The fraction of sp³-hybridized carbons (Fsp3) is 0.286. The molecule has 2 aromatic rings. The number of anilines is 1. The summed E-state index contributed by atoms with van der Waals surface area (Å²) in [6.07, 6.45) is 0.627. The molecule has 20 heavy (non-hydrogen) atoms. The summed E-state index contributed by atoms with van der Waals surface area (Å²) in [6.45, 7) is 0.431. The second-order valence-electron chi connectivity index (χ2n) is 4.24. The molecule has 0 saturated carbocycles. The van der Waals surface area contributed by atoms with Gasteiger partial charge in [-0.05, 0) is 40.3 Å². The van der Waals surface area contributed by atoms with Gasteiger partial charge in [0.25, 0.3) is 0 Å². The van der Waals surface area contributed by atoms with Gasteiger partial charge in [0.2, 0.25) is 0 Å². The second kappa shape index (κ2) is 6.85. The number of hydrogen-bond donors (Lipinski definition) is 1. The molecule has 0 fully saturated rings. The lowest BCUT2D eigenvalue weighted by Crippen LogP contribution is -2.08. The van der Waals surface area contributed by atoms with E-state index < -0.39 is 0 Å². The van der Waals surface area contributed by atoms with Crippen LogP contribution in [0.15, 0.2) is 24.3 Å². The Morgan fingerprint density at radius 1 is 1.15 bits per heavy atom. The normalized spacial score (nSPS) is 10.6. The van der Waals surface area contributed by atoms with Crippen molar-refractivity contribution in [3.8, 4) is 5.75 Å². The summed E-state index contributed by atoms with van der Waals surface area (Å²) >= 11 is 2.14. The number of nitrogens with zero attached hydrogens (tertiary/aromatic N) is 2. The zero-order valence-electron chi connectivity index (χ0n) is 11.4. The zero-order valence-corrected chi connectivity index (χ0v) is 13.5. The predicted octanol–water partition coefficient (Wildman–Crippen LogP) is 2.41. The fourth-order valence-electron chi connectivity index (χ4n) is 1.80. The molecule has 2 rings (SSSR count). The molecular weight excluding hydrogens is 369 g/mol. The van der Waals surface area contributed by atoms with Crippen molar-refractivity contribution in [2.45, 2.75) is 13.0 Å². The van der Waals surface area contributed by atoms with Gasteiger partial charge in [0.1, 0.15) is 17.4 Å². The van der Waals surface area contributed by atoms with Gasteiger partial charge < -0.3 is 15.2 Å². The summed E-state index contributed by atoms with van der Waals surface area (Å²) < 4.78 is 11.1. The van der Waals surface area contributed by atoms with Crippen LogP contribution in [0.2, 0.25) is 0 Å². The maximum atomic E-state index is 5.92. The maximum Gasteiger partial charge on any atom is 0.141 e. The third-order valence-electron chi connectivity index (χ3n) is 2.79. The van der Waals surface area contributed by atoms with Crippen molar-refractivity contribution in [3.05, 3.63) is 44.9 Å². The van der Waals surface area contributed by atoms with Gasteiger partial charge in [-0.25, -0.2) is 9.97 Å². The lowest BCUT2D eigenvalue weighted by atomic mass is 10.1. The van der Waals surface area contributed by atoms with Crippen molar-refractivity contribution in [1.29, 1.82) is 0 Å². The molecule has 0 amide bonds. The Balaban J connectivity index is 2.23. The van der Waals surface area contributed by atoms with Gasteiger partial charge in [0.15, 0.2) is 0 Å². The Kier molecular flexibility index (Phi) is 5.13. The van der Waals surface area contributed by atoms with Gasteiger partial charge >= 0.3 is 0 Å². The van der Waals surface area contributed by atoms with Crippen LogP contribution in [0.4, 0.5) is 5.82 Å². The number of benzene rings is 1. The van der Waals surface area contributed by atoms with Crippen LogP contribution in [0.5, 0.6) is 5.75 Å². The Morgan fingerprint density at radius 2 is 1.85 bits per heavy atom. The first-order valence-corrected chi connectivity index (χ1v) is 7.14. The molecule has 1 aromatic heterocycles. The number of nitrogens with two attached hydrogens (primary N) is 1. The number of ether oxygens (including phenoxy) is 2. The van der Waals surface area contributed by atoms with E-state index in [1.807, 2.05) is 24.3 Å². The fourth-order valence-corrected chi connectivity index (χ4v) is 2.20. The van der Waals surface area contributed by atoms with Gasteiger partial charge in [0, 0.05) is 13.5 Å². The molecule has 5 nitrogen and oxygen atoms in total. The molecule has 0 saturated heterocycles. The van der Waals surface area contributed by atoms with E-state index in [0.717, 1.165) is 20.6 Å². The van der Waals surface area contributed by atoms with E-state index in [2.05, 4.69) is 32.6 Å². The highest BCUT2D eigenvalue weighted by Gasteiger charge is 2.10. The molecule has 106 valence electrons. The van der Waals surface area contributed by atoms with Crippen molar-refractivity contribution in [2.24, 2.45) is 0 Å². The summed E-state index contributed by atoms with van der Waals surface area (Å²) in [5.41, 5.74) is 7.85. The number of methoxy groups -OCH3 is 2. The molecule has 0 unspecified atom stereocenters. The summed E-state index contributed by atoms with van der Waals surface area (Å²) in [6, 6.07) is 7.82. The summed E-state index contributed by atoms with van der Waals surface area (Å²) in [4.78, 5) is 8.83. The largest absolute Gasteiger partial charge is 0.497 e. The quantitative estimate of drug-likeness (QED) is 0.801. The Labute approximate surface area is 131 Å². The Hall–Kier alpha value is -1.41. The van der Waals surface area contributed by atoms with Crippen molar-refractivity contribution >= 4 is 28.4 Å². The van der Waals surface area contributed by atoms with E-state index in [9.17, 15) is 0 Å². The molecule has 0 aliphatic rings. The van der Waals surface area contributed by atoms with Crippen molar-refractivity contribution < 1.29 is 9.47 Å². The predicted molar refractivity (Wildman–Crippen MR) is 85.7 cm³/mol. The molecule has 0 aliphatic carbocycles. The van der Waals surface area contributed by atoms with E-state index >= 15 is 0 Å². The van der Waals surface area contributed by atoms with Gasteiger partial charge in [-0.15, -0.1) is 0 Å². The van der Waals surface area contributed by atoms with Crippen LogP contribution < -0.4 is 10.5 Å². The molecule has 0 bridgehead atoms. The van der Waals surface area contributed by atoms with Crippen LogP contribution in [0.25, 0.3) is 0 Å². The average Bonchev–Trinajstić information content (AvgIpc) is 2.45. The lowest BCUT2D eigenvalue weighted by molar-refractivity contribution is 0.180. The van der Waals surface area contributed by atoms with Crippen LogP contribution >= 0.6 is 22.6 Å². The maximum absolute atomic E-state index is 5.92. The minimum atomic E-state index is 0.431. The SMILES string of the molecule is COCc1nc(Cc2ccc(OC)cc2)nc(N)c1I. The zero-order chi connectivity index (χ0) is 14.5. The van der Waals surface area contributed by atoms with E-state index in [1.54, 1.807) is 14.2 Å². The third-order valence-corrected chi connectivity index (χ3v) is 3.97. The van der Waals surface area contributed by atoms with Crippen molar-refractivity contribution in [2.75, 3.05) is 20.0 Å². The number of halogens is 1. The topological polar surface area (TPSA) is 70.3 Å². The first-order valence-electron chi connectivity index (χ1n) is 6.06. The number of hydrogen-bond acceptors (Lipinski definition) is 5. The summed E-state index contributed by atoms with van der Waals surface area (Å²) in [5.74, 6) is 2.02. The smallest absolute Gasteiger partial charge is 0.141 e.